The lowest BCUT2D eigenvalue weighted by Gasteiger charge is -2.42. The molecule has 4 rings (SSSR count). The van der Waals surface area contributed by atoms with E-state index >= 15 is 0 Å². The van der Waals surface area contributed by atoms with Gasteiger partial charge in [0.2, 0.25) is 0 Å². The van der Waals surface area contributed by atoms with Crippen LogP contribution in [0, 0.1) is 11.3 Å². The van der Waals surface area contributed by atoms with Crippen molar-refractivity contribution >= 4 is 5.91 Å². The standard InChI is InChI=1S/C19H26N2O2/c22-13-19(10-14-5-6-14)7-2-8-21(12-19)18(23)16-9-15-3-1-4-17(15)20-11-16/h9,11,14,22H,1-8,10,12-13H2/t19-/m1/s1. The van der Waals surface area contributed by atoms with Crippen LogP contribution in [0.5, 0.6) is 0 Å². The number of pyridine rings is 1. The summed E-state index contributed by atoms with van der Waals surface area (Å²) >= 11 is 0. The zero-order valence-electron chi connectivity index (χ0n) is 13.8. The quantitative estimate of drug-likeness (QED) is 0.929. The Morgan fingerprint density at radius 3 is 3.00 bits per heavy atom. The summed E-state index contributed by atoms with van der Waals surface area (Å²) in [5, 5.41) is 9.96. The Labute approximate surface area is 137 Å². The number of likely N-dealkylation sites (tertiary alicyclic amines) is 1. The summed E-state index contributed by atoms with van der Waals surface area (Å²) in [6.07, 6.45) is 10.7. The normalized spacial score (nSPS) is 27.1. The zero-order valence-corrected chi connectivity index (χ0v) is 13.8. The molecule has 1 amide bonds. The monoisotopic (exact) mass is 314 g/mol. The highest BCUT2D eigenvalue weighted by atomic mass is 16.3. The second kappa shape index (κ2) is 5.90. The third-order valence-corrected chi connectivity index (χ3v) is 5.87. The number of nitrogens with zero attached hydrogens (tertiary/aromatic N) is 2. The fourth-order valence-corrected chi connectivity index (χ4v) is 4.40. The molecule has 2 aliphatic carbocycles. The molecule has 3 aliphatic rings. The van der Waals surface area contributed by atoms with Crippen LogP contribution >= 0.6 is 0 Å². The van der Waals surface area contributed by atoms with Gasteiger partial charge in [-0.25, -0.2) is 0 Å². The van der Waals surface area contributed by atoms with Crippen molar-refractivity contribution in [1.29, 1.82) is 0 Å². The molecule has 2 fully saturated rings. The molecule has 4 nitrogen and oxygen atoms in total. The van der Waals surface area contributed by atoms with Crippen molar-refractivity contribution in [2.24, 2.45) is 11.3 Å². The summed E-state index contributed by atoms with van der Waals surface area (Å²) in [4.78, 5) is 19.4. The average Bonchev–Trinajstić information content (AvgIpc) is 3.26. The topological polar surface area (TPSA) is 53.4 Å². The first-order chi connectivity index (χ1) is 11.2. The van der Waals surface area contributed by atoms with E-state index in [0.717, 1.165) is 56.6 Å². The van der Waals surface area contributed by atoms with E-state index in [1.807, 2.05) is 11.0 Å². The molecule has 1 atom stereocenters. The second-order valence-electron chi connectivity index (χ2n) is 7.82. The molecule has 124 valence electrons. The van der Waals surface area contributed by atoms with Crippen molar-refractivity contribution in [1.82, 2.24) is 9.88 Å². The summed E-state index contributed by atoms with van der Waals surface area (Å²) in [5.41, 5.74) is 3.07. The number of aliphatic hydroxyl groups excluding tert-OH is 1. The van der Waals surface area contributed by atoms with Gasteiger partial charge >= 0.3 is 0 Å². The minimum atomic E-state index is -0.0702. The van der Waals surface area contributed by atoms with Crippen molar-refractivity contribution in [2.45, 2.75) is 51.4 Å². The van der Waals surface area contributed by atoms with Gasteiger partial charge in [-0.1, -0.05) is 12.8 Å². The third kappa shape index (κ3) is 3.01. The smallest absolute Gasteiger partial charge is 0.255 e. The van der Waals surface area contributed by atoms with Crippen LogP contribution in [-0.2, 0) is 12.8 Å². The number of fused-ring (bicyclic) bond motifs is 1. The summed E-state index contributed by atoms with van der Waals surface area (Å²) < 4.78 is 0. The molecule has 0 aromatic carbocycles. The van der Waals surface area contributed by atoms with E-state index in [0.29, 0.717) is 6.54 Å². The van der Waals surface area contributed by atoms with Gasteiger partial charge in [0.05, 0.1) is 12.2 Å². The van der Waals surface area contributed by atoms with Crippen LogP contribution in [0.4, 0.5) is 0 Å². The minimum absolute atomic E-state index is 0.0702. The van der Waals surface area contributed by atoms with Gasteiger partial charge in [0.15, 0.2) is 0 Å². The van der Waals surface area contributed by atoms with Gasteiger partial charge < -0.3 is 10.0 Å². The van der Waals surface area contributed by atoms with Crippen LogP contribution in [0.1, 0.15) is 60.1 Å². The van der Waals surface area contributed by atoms with Crippen LogP contribution in [-0.4, -0.2) is 40.6 Å². The molecule has 1 saturated carbocycles. The molecule has 0 spiro atoms. The number of hydrogen-bond donors (Lipinski definition) is 1. The number of piperidine rings is 1. The Hall–Kier alpha value is -1.42. The number of hydrogen-bond acceptors (Lipinski definition) is 3. The minimum Gasteiger partial charge on any atom is -0.396 e. The summed E-state index contributed by atoms with van der Waals surface area (Å²) in [6.45, 7) is 1.72. The van der Waals surface area contributed by atoms with Gasteiger partial charge in [0, 0.05) is 30.4 Å². The summed E-state index contributed by atoms with van der Waals surface area (Å²) in [5.74, 6) is 0.874. The van der Waals surface area contributed by atoms with Crippen LogP contribution in [0.15, 0.2) is 12.3 Å². The molecule has 1 aromatic rings. The Bertz CT molecular complexity index is 611. The van der Waals surface area contributed by atoms with E-state index in [4.69, 9.17) is 0 Å². The lowest BCUT2D eigenvalue weighted by molar-refractivity contribution is 0.0196. The molecular formula is C19H26N2O2. The maximum atomic E-state index is 12.9. The number of aliphatic hydroxyl groups is 1. The van der Waals surface area contributed by atoms with E-state index in [-0.39, 0.29) is 17.9 Å². The molecule has 1 saturated heterocycles. The molecule has 0 unspecified atom stereocenters. The van der Waals surface area contributed by atoms with Crippen LogP contribution in [0.2, 0.25) is 0 Å². The molecule has 1 aromatic heterocycles. The largest absolute Gasteiger partial charge is 0.396 e. The first-order valence-corrected chi connectivity index (χ1v) is 9.07. The molecular weight excluding hydrogens is 288 g/mol. The lowest BCUT2D eigenvalue weighted by Crippen LogP contribution is -2.48. The number of aryl methyl sites for hydroxylation is 2. The number of amides is 1. The second-order valence-corrected chi connectivity index (χ2v) is 7.82. The Balaban J connectivity index is 1.51. The number of rotatable bonds is 4. The first-order valence-electron chi connectivity index (χ1n) is 9.07. The maximum absolute atomic E-state index is 12.9. The fourth-order valence-electron chi connectivity index (χ4n) is 4.40. The molecule has 0 bridgehead atoms. The van der Waals surface area contributed by atoms with Gasteiger partial charge in [-0.3, -0.25) is 9.78 Å². The summed E-state index contributed by atoms with van der Waals surface area (Å²) in [7, 11) is 0. The predicted molar refractivity (Wildman–Crippen MR) is 88.3 cm³/mol. The van der Waals surface area contributed by atoms with Crippen LogP contribution in [0.25, 0.3) is 0 Å². The van der Waals surface area contributed by atoms with Gasteiger partial charge in [-0.2, -0.15) is 0 Å². The van der Waals surface area contributed by atoms with Gasteiger partial charge in [0.25, 0.3) is 5.91 Å². The van der Waals surface area contributed by atoms with E-state index in [9.17, 15) is 9.90 Å². The van der Waals surface area contributed by atoms with Crippen molar-refractivity contribution in [2.75, 3.05) is 19.7 Å². The number of aromatic nitrogens is 1. The molecule has 2 heterocycles. The van der Waals surface area contributed by atoms with Crippen molar-refractivity contribution in [3.63, 3.8) is 0 Å². The van der Waals surface area contributed by atoms with Crippen molar-refractivity contribution in [3.8, 4) is 0 Å². The molecule has 0 radical (unpaired) electrons. The molecule has 1 N–H and O–H groups in total. The highest BCUT2D eigenvalue weighted by Crippen LogP contribution is 2.44. The average molecular weight is 314 g/mol. The Morgan fingerprint density at radius 2 is 2.22 bits per heavy atom. The van der Waals surface area contributed by atoms with Gasteiger partial charge in [-0.05, 0) is 56.1 Å². The van der Waals surface area contributed by atoms with Crippen molar-refractivity contribution in [3.05, 3.63) is 29.1 Å². The first kappa shape index (κ1) is 15.1. The third-order valence-electron chi connectivity index (χ3n) is 5.87. The molecule has 23 heavy (non-hydrogen) atoms. The van der Waals surface area contributed by atoms with Crippen molar-refractivity contribution < 1.29 is 9.90 Å². The van der Waals surface area contributed by atoms with Gasteiger partial charge in [-0.15, -0.1) is 0 Å². The molecule has 4 heteroatoms. The number of carbonyl (C=O) groups excluding carboxylic acids is 1. The van der Waals surface area contributed by atoms with Crippen LogP contribution in [0.3, 0.4) is 0 Å². The zero-order chi connectivity index (χ0) is 15.9. The Kier molecular flexibility index (Phi) is 3.88. The SMILES string of the molecule is O=C(c1cnc2c(c1)CCC2)N1CCC[C@@](CO)(CC2CC2)C1. The fraction of sp³-hybridized carbons (Fsp3) is 0.684. The summed E-state index contributed by atoms with van der Waals surface area (Å²) in [6, 6.07) is 2.05. The maximum Gasteiger partial charge on any atom is 0.255 e. The van der Waals surface area contributed by atoms with E-state index in [1.54, 1.807) is 6.20 Å². The number of carbonyl (C=O) groups is 1. The molecule has 1 aliphatic heterocycles. The Morgan fingerprint density at radius 1 is 1.35 bits per heavy atom. The van der Waals surface area contributed by atoms with Gasteiger partial charge in [0.1, 0.15) is 0 Å². The highest BCUT2D eigenvalue weighted by Gasteiger charge is 2.41. The van der Waals surface area contributed by atoms with Crippen LogP contribution < -0.4 is 0 Å². The lowest BCUT2D eigenvalue weighted by atomic mass is 9.76. The predicted octanol–water partition coefficient (Wildman–Crippen LogP) is 2.59. The van der Waals surface area contributed by atoms with E-state index < -0.39 is 0 Å². The van der Waals surface area contributed by atoms with E-state index in [2.05, 4.69) is 4.98 Å². The van der Waals surface area contributed by atoms with E-state index in [1.165, 1.54) is 24.1 Å². The highest BCUT2D eigenvalue weighted by molar-refractivity contribution is 5.94.